The number of fused-ring (bicyclic) bond motifs is 1. The lowest BCUT2D eigenvalue weighted by atomic mass is 9.70. The fraction of sp³-hybridized carbons (Fsp3) is 0.762. The Bertz CT molecular complexity index is 910. The average molecular weight is 457 g/mol. The SMILES string of the molecule is O=C1NC([C@H]2CC[C@@H]2C(=O)N2CCCC(F)(F)C2)Nc2c1cnn2C1CCC(F)(F)CC1. The third-order valence-corrected chi connectivity index (χ3v) is 7.43. The van der Waals surface area contributed by atoms with Crippen LogP contribution in [0.3, 0.4) is 0 Å². The Kier molecular flexibility index (Phi) is 5.12. The van der Waals surface area contributed by atoms with Gasteiger partial charge in [-0.2, -0.15) is 5.10 Å². The van der Waals surface area contributed by atoms with Crippen LogP contribution in [0.15, 0.2) is 6.20 Å². The second-order valence-electron chi connectivity index (χ2n) is 9.60. The van der Waals surface area contributed by atoms with Crippen molar-refractivity contribution in [2.24, 2.45) is 11.8 Å². The van der Waals surface area contributed by atoms with Crippen molar-refractivity contribution in [2.45, 2.75) is 75.4 Å². The van der Waals surface area contributed by atoms with Gasteiger partial charge < -0.3 is 15.5 Å². The third kappa shape index (κ3) is 3.83. The first-order chi connectivity index (χ1) is 15.1. The maximum absolute atomic E-state index is 13.8. The van der Waals surface area contributed by atoms with E-state index in [1.165, 1.54) is 11.1 Å². The summed E-state index contributed by atoms with van der Waals surface area (Å²) in [5, 5.41) is 10.4. The largest absolute Gasteiger partial charge is 0.349 e. The first-order valence-corrected chi connectivity index (χ1v) is 11.3. The fourth-order valence-electron chi connectivity index (χ4n) is 5.45. The molecule has 1 aromatic heterocycles. The van der Waals surface area contributed by atoms with Crippen molar-refractivity contribution in [3.63, 3.8) is 0 Å². The van der Waals surface area contributed by atoms with Crippen molar-refractivity contribution < 1.29 is 27.2 Å². The van der Waals surface area contributed by atoms with Gasteiger partial charge in [0.25, 0.3) is 11.8 Å². The van der Waals surface area contributed by atoms with E-state index in [0.29, 0.717) is 30.8 Å². The van der Waals surface area contributed by atoms with Crippen molar-refractivity contribution in [3.8, 4) is 0 Å². The molecule has 3 atom stereocenters. The third-order valence-electron chi connectivity index (χ3n) is 7.43. The molecule has 1 aromatic rings. The molecule has 0 spiro atoms. The van der Waals surface area contributed by atoms with Gasteiger partial charge in [-0.05, 0) is 32.1 Å². The van der Waals surface area contributed by atoms with Crippen molar-refractivity contribution in [1.29, 1.82) is 0 Å². The first-order valence-electron chi connectivity index (χ1n) is 11.3. The van der Waals surface area contributed by atoms with E-state index in [0.717, 1.165) is 0 Å². The van der Waals surface area contributed by atoms with Crippen LogP contribution in [0.25, 0.3) is 0 Å². The number of carbonyl (C=O) groups excluding carboxylic acids is 2. The Morgan fingerprint density at radius 3 is 2.44 bits per heavy atom. The average Bonchev–Trinajstić information content (AvgIpc) is 3.11. The lowest BCUT2D eigenvalue weighted by Gasteiger charge is -2.45. The lowest BCUT2D eigenvalue weighted by Crippen LogP contribution is -2.58. The highest BCUT2D eigenvalue weighted by molar-refractivity contribution is 6.00. The van der Waals surface area contributed by atoms with Gasteiger partial charge in [0.05, 0.1) is 18.8 Å². The number of anilines is 1. The fourth-order valence-corrected chi connectivity index (χ4v) is 5.45. The molecule has 2 aliphatic carbocycles. The summed E-state index contributed by atoms with van der Waals surface area (Å²) in [7, 11) is 0. The second kappa shape index (κ2) is 7.62. The van der Waals surface area contributed by atoms with E-state index in [-0.39, 0.29) is 62.3 Å². The lowest BCUT2D eigenvalue weighted by molar-refractivity contribution is -0.152. The molecule has 2 amide bonds. The van der Waals surface area contributed by atoms with Crippen molar-refractivity contribution in [1.82, 2.24) is 20.0 Å². The van der Waals surface area contributed by atoms with Crippen LogP contribution < -0.4 is 10.6 Å². The van der Waals surface area contributed by atoms with Gasteiger partial charge in [-0.1, -0.05) is 0 Å². The molecule has 5 rings (SSSR count). The van der Waals surface area contributed by atoms with Crippen LogP contribution in [0.1, 0.15) is 67.8 Å². The maximum atomic E-state index is 13.8. The van der Waals surface area contributed by atoms with Gasteiger partial charge in [0.15, 0.2) is 0 Å². The quantitative estimate of drug-likeness (QED) is 0.682. The van der Waals surface area contributed by atoms with E-state index >= 15 is 0 Å². The van der Waals surface area contributed by atoms with Gasteiger partial charge in [-0.3, -0.25) is 9.59 Å². The number of hydrogen-bond donors (Lipinski definition) is 2. The molecule has 3 heterocycles. The molecule has 0 aromatic carbocycles. The minimum absolute atomic E-state index is 0.203. The van der Waals surface area contributed by atoms with E-state index in [2.05, 4.69) is 15.7 Å². The summed E-state index contributed by atoms with van der Waals surface area (Å²) in [5.74, 6) is -6.33. The van der Waals surface area contributed by atoms with E-state index in [1.807, 2.05) is 0 Å². The minimum atomic E-state index is -2.86. The molecule has 1 unspecified atom stereocenters. The smallest absolute Gasteiger partial charge is 0.265 e. The zero-order valence-electron chi connectivity index (χ0n) is 17.6. The summed E-state index contributed by atoms with van der Waals surface area (Å²) in [5.41, 5.74) is 0.344. The summed E-state index contributed by atoms with van der Waals surface area (Å²) in [4.78, 5) is 26.9. The summed E-state index contributed by atoms with van der Waals surface area (Å²) in [6.07, 6.45) is 2.32. The molecule has 3 fully saturated rings. The van der Waals surface area contributed by atoms with E-state index < -0.39 is 30.5 Å². The van der Waals surface area contributed by atoms with Gasteiger partial charge in [0.1, 0.15) is 17.5 Å². The van der Waals surface area contributed by atoms with E-state index in [9.17, 15) is 27.2 Å². The molecule has 2 saturated carbocycles. The Balaban J connectivity index is 1.30. The number of carbonyl (C=O) groups is 2. The topological polar surface area (TPSA) is 79.3 Å². The van der Waals surface area contributed by atoms with Crippen LogP contribution in [0.2, 0.25) is 0 Å². The Morgan fingerprint density at radius 2 is 1.78 bits per heavy atom. The number of rotatable bonds is 3. The molecule has 7 nitrogen and oxygen atoms in total. The molecule has 176 valence electrons. The summed E-state index contributed by atoms with van der Waals surface area (Å²) >= 11 is 0. The standard InChI is InChI=1S/C21H27F4N5O2/c22-20(23)7-4-12(5-8-20)30-17-15(10-26-30)18(31)28-16(27-17)13-2-3-14(13)19(32)29-9-1-6-21(24,25)11-29/h10,12-14,16,27H,1-9,11H2,(H,28,31)/t13-,14-,16?/m0/s1. The first kappa shape index (κ1) is 21.5. The molecule has 32 heavy (non-hydrogen) atoms. The van der Waals surface area contributed by atoms with Crippen LogP contribution in [0.5, 0.6) is 0 Å². The monoisotopic (exact) mass is 457 g/mol. The normalized spacial score (nSPS) is 31.8. The number of nitrogens with zero attached hydrogens (tertiary/aromatic N) is 3. The van der Waals surface area contributed by atoms with Gasteiger partial charge >= 0.3 is 0 Å². The molecule has 1 saturated heterocycles. The van der Waals surface area contributed by atoms with Crippen molar-refractivity contribution in [2.75, 3.05) is 18.4 Å². The molecule has 0 radical (unpaired) electrons. The predicted octanol–water partition coefficient (Wildman–Crippen LogP) is 3.40. The predicted molar refractivity (Wildman–Crippen MR) is 107 cm³/mol. The van der Waals surface area contributed by atoms with Gasteiger partial charge in [0, 0.05) is 37.6 Å². The number of hydrogen-bond acceptors (Lipinski definition) is 4. The number of halogens is 4. The zero-order valence-corrected chi connectivity index (χ0v) is 17.6. The number of alkyl halides is 4. The summed E-state index contributed by atoms with van der Waals surface area (Å²) < 4.78 is 56.3. The van der Waals surface area contributed by atoms with Gasteiger partial charge in [0.2, 0.25) is 11.8 Å². The Morgan fingerprint density at radius 1 is 1.03 bits per heavy atom. The van der Waals surface area contributed by atoms with Crippen molar-refractivity contribution >= 4 is 17.6 Å². The van der Waals surface area contributed by atoms with Crippen LogP contribution in [-0.2, 0) is 4.79 Å². The van der Waals surface area contributed by atoms with Crippen molar-refractivity contribution in [3.05, 3.63) is 11.8 Å². The highest BCUT2D eigenvalue weighted by Crippen LogP contribution is 2.43. The van der Waals surface area contributed by atoms with Crippen LogP contribution in [0, 0.1) is 11.8 Å². The molecular formula is C21H27F4N5O2. The van der Waals surface area contributed by atoms with Crippen LogP contribution >= 0.6 is 0 Å². The van der Waals surface area contributed by atoms with Crippen LogP contribution in [-0.4, -0.2) is 57.6 Å². The highest BCUT2D eigenvalue weighted by Gasteiger charge is 2.48. The Labute approximate surface area is 182 Å². The van der Waals surface area contributed by atoms with E-state index in [1.54, 1.807) is 4.68 Å². The molecular weight excluding hydrogens is 430 g/mol. The number of amides is 2. The number of piperidine rings is 1. The molecule has 2 N–H and O–H groups in total. The summed E-state index contributed by atoms with van der Waals surface area (Å²) in [6.45, 7) is -0.228. The molecule has 0 bridgehead atoms. The van der Waals surface area contributed by atoms with E-state index in [4.69, 9.17) is 0 Å². The highest BCUT2D eigenvalue weighted by atomic mass is 19.3. The Hall–Kier alpha value is -2.33. The zero-order chi connectivity index (χ0) is 22.7. The van der Waals surface area contributed by atoms with Gasteiger partial charge in [-0.25, -0.2) is 22.2 Å². The molecule has 11 heteroatoms. The molecule has 4 aliphatic rings. The van der Waals surface area contributed by atoms with Crippen LogP contribution in [0.4, 0.5) is 23.4 Å². The second-order valence-corrected chi connectivity index (χ2v) is 9.60. The number of aromatic nitrogens is 2. The van der Waals surface area contributed by atoms with Gasteiger partial charge in [-0.15, -0.1) is 0 Å². The minimum Gasteiger partial charge on any atom is -0.349 e. The number of nitrogens with one attached hydrogen (secondary N) is 2. The maximum Gasteiger partial charge on any atom is 0.265 e. The molecule has 2 aliphatic heterocycles. The number of likely N-dealkylation sites (tertiary alicyclic amines) is 1. The summed E-state index contributed by atoms with van der Waals surface area (Å²) in [6, 6.07) is -0.230.